The molecule has 2 aromatic heterocycles. The van der Waals surface area contributed by atoms with Gasteiger partial charge < -0.3 is 14.5 Å². The number of anilines is 1. The molecule has 5 rings (SSSR count). The summed E-state index contributed by atoms with van der Waals surface area (Å²) in [7, 11) is 1.90. The molecule has 11 heteroatoms. The number of aryl methyl sites for hydroxylation is 1. The van der Waals surface area contributed by atoms with Gasteiger partial charge in [0.1, 0.15) is 24.3 Å². The number of amides is 1. The molecule has 3 aromatic rings. The number of aromatic nitrogens is 4. The van der Waals surface area contributed by atoms with Gasteiger partial charge in [0.2, 0.25) is 0 Å². The normalized spacial score (nSPS) is 20.4. The van der Waals surface area contributed by atoms with E-state index < -0.39 is 24.2 Å². The van der Waals surface area contributed by atoms with Gasteiger partial charge in [0.15, 0.2) is 0 Å². The van der Waals surface area contributed by atoms with Crippen molar-refractivity contribution in [3.8, 4) is 0 Å². The first-order valence-electron chi connectivity index (χ1n) is 14.0. The fraction of sp³-hybridized carbons (Fsp3) is 0.533. The van der Waals surface area contributed by atoms with E-state index in [1.165, 1.54) is 12.3 Å². The van der Waals surface area contributed by atoms with Crippen molar-refractivity contribution in [1.82, 2.24) is 24.2 Å². The summed E-state index contributed by atoms with van der Waals surface area (Å²) >= 11 is 0. The van der Waals surface area contributed by atoms with Crippen LogP contribution in [0.1, 0.15) is 73.8 Å². The summed E-state index contributed by atoms with van der Waals surface area (Å²) < 4.78 is 42.6. The molecule has 3 heterocycles. The van der Waals surface area contributed by atoms with Crippen molar-refractivity contribution >= 4 is 11.6 Å². The van der Waals surface area contributed by atoms with Crippen LogP contribution in [0.4, 0.5) is 18.9 Å². The van der Waals surface area contributed by atoms with Crippen molar-refractivity contribution in [2.45, 2.75) is 71.1 Å². The molecule has 1 aliphatic carbocycles. The van der Waals surface area contributed by atoms with Crippen LogP contribution in [0.3, 0.4) is 0 Å². The second-order valence-electron chi connectivity index (χ2n) is 12.7. The van der Waals surface area contributed by atoms with E-state index in [2.05, 4.69) is 41.2 Å². The molecular formula is C30H37F3N6O2. The van der Waals surface area contributed by atoms with Crippen molar-refractivity contribution in [3.63, 3.8) is 0 Å². The Kier molecular flexibility index (Phi) is 7.61. The van der Waals surface area contributed by atoms with Crippen LogP contribution >= 0.6 is 0 Å². The molecule has 1 N–H and O–H groups in total. The molecular weight excluding hydrogens is 533 g/mol. The molecule has 2 aliphatic rings. The summed E-state index contributed by atoms with van der Waals surface area (Å²) in [5.74, 6) is 0.569. The second-order valence-corrected chi connectivity index (χ2v) is 12.7. The topological polar surface area (TPSA) is 85.1 Å². The Morgan fingerprint density at radius 1 is 1.20 bits per heavy atom. The number of likely N-dealkylation sites (tertiary alicyclic amines) is 1. The minimum Gasteiger partial charge on any atom is -0.322 e. The molecule has 0 spiro atoms. The van der Waals surface area contributed by atoms with E-state index in [4.69, 9.17) is 0 Å². The molecule has 8 nitrogen and oxygen atoms in total. The van der Waals surface area contributed by atoms with Crippen LogP contribution in [-0.4, -0.2) is 49.4 Å². The number of alkyl halides is 3. The zero-order chi connectivity index (χ0) is 29.6. The van der Waals surface area contributed by atoms with E-state index >= 15 is 0 Å². The van der Waals surface area contributed by atoms with Gasteiger partial charge in [0, 0.05) is 32.0 Å². The third kappa shape index (κ3) is 6.24. The number of benzene rings is 1. The predicted octanol–water partition coefficient (Wildman–Crippen LogP) is 5.13. The van der Waals surface area contributed by atoms with Gasteiger partial charge >= 0.3 is 6.18 Å². The van der Waals surface area contributed by atoms with Crippen molar-refractivity contribution in [2.24, 2.45) is 18.4 Å². The molecule has 1 aliphatic heterocycles. The first-order valence-corrected chi connectivity index (χ1v) is 14.0. The molecule has 0 unspecified atom stereocenters. The molecule has 41 heavy (non-hydrogen) atoms. The maximum Gasteiger partial charge on any atom is 0.406 e. The summed E-state index contributed by atoms with van der Waals surface area (Å²) in [6.45, 7) is 7.07. The van der Waals surface area contributed by atoms with E-state index in [1.807, 2.05) is 29.8 Å². The number of piperidine rings is 1. The van der Waals surface area contributed by atoms with E-state index in [0.717, 1.165) is 50.2 Å². The molecule has 0 bridgehead atoms. The van der Waals surface area contributed by atoms with Crippen molar-refractivity contribution in [2.75, 3.05) is 18.4 Å². The zero-order valence-electron chi connectivity index (χ0n) is 24.0. The lowest BCUT2D eigenvalue weighted by molar-refractivity contribution is -0.141. The highest BCUT2D eigenvalue weighted by Gasteiger charge is 2.54. The van der Waals surface area contributed by atoms with Crippen LogP contribution in [0.2, 0.25) is 0 Å². The fourth-order valence-electron chi connectivity index (χ4n) is 6.83. The van der Waals surface area contributed by atoms with E-state index in [1.54, 1.807) is 12.4 Å². The Bertz CT molecular complexity index is 1480. The Hall–Kier alpha value is -3.47. The maximum atomic E-state index is 13.4. The van der Waals surface area contributed by atoms with Crippen LogP contribution < -0.4 is 10.9 Å². The van der Waals surface area contributed by atoms with Gasteiger partial charge in [-0.05, 0) is 72.9 Å². The van der Waals surface area contributed by atoms with Crippen molar-refractivity contribution in [3.05, 3.63) is 75.7 Å². The highest BCUT2D eigenvalue weighted by Crippen LogP contribution is 2.58. The summed E-state index contributed by atoms with van der Waals surface area (Å²) in [5.41, 5.74) is 0.337. The number of carbonyl (C=O) groups is 1. The highest BCUT2D eigenvalue weighted by molar-refractivity contribution is 6.04. The van der Waals surface area contributed by atoms with E-state index in [-0.39, 0.29) is 16.4 Å². The summed E-state index contributed by atoms with van der Waals surface area (Å²) in [4.78, 5) is 28.7. The Morgan fingerprint density at radius 2 is 1.95 bits per heavy atom. The third-order valence-corrected chi connectivity index (χ3v) is 8.26. The fourth-order valence-corrected chi connectivity index (χ4v) is 6.83. The first kappa shape index (κ1) is 29.0. The summed E-state index contributed by atoms with van der Waals surface area (Å²) in [5, 5.41) is 11.2. The predicted molar refractivity (Wildman–Crippen MR) is 150 cm³/mol. The average molecular weight is 571 g/mol. The SMILES string of the molecule is C[C@H]1CCCN(Cc2cc(C(=O)Nc3cccc(C4(c5nncn5C)CC(C)(C)C4)c3)c(=O)n(CC(F)(F)F)c2)C1. The van der Waals surface area contributed by atoms with Gasteiger partial charge in [-0.1, -0.05) is 32.9 Å². The van der Waals surface area contributed by atoms with Crippen LogP contribution in [0.5, 0.6) is 0 Å². The molecule has 1 aromatic carbocycles. The lowest BCUT2D eigenvalue weighted by atomic mass is 9.51. The van der Waals surface area contributed by atoms with Crippen LogP contribution in [0.25, 0.3) is 0 Å². The Balaban J connectivity index is 1.45. The van der Waals surface area contributed by atoms with Crippen LogP contribution in [0, 0.1) is 11.3 Å². The third-order valence-electron chi connectivity index (χ3n) is 8.26. The van der Waals surface area contributed by atoms with Crippen LogP contribution in [-0.2, 0) is 25.6 Å². The number of rotatable bonds is 7. The lowest BCUT2D eigenvalue weighted by Crippen LogP contribution is -2.49. The molecule has 1 amide bonds. The number of pyridine rings is 1. The number of halogens is 3. The minimum absolute atomic E-state index is 0.0986. The number of hydrogen-bond acceptors (Lipinski definition) is 5. The quantitative estimate of drug-likeness (QED) is 0.426. The van der Waals surface area contributed by atoms with Gasteiger partial charge in [-0.3, -0.25) is 14.5 Å². The Morgan fingerprint density at radius 3 is 2.59 bits per heavy atom. The van der Waals surface area contributed by atoms with Gasteiger partial charge in [0.25, 0.3) is 11.5 Å². The van der Waals surface area contributed by atoms with E-state index in [0.29, 0.717) is 28.3 Å². The second kappa shape index (κ2) is 10.7. The Labute approximate surface area is 237 Å². The van der Waals surface area contributed by atoms with Gasteiger partial charge in [-0.25, -0.2) is 0 Å². The van der Waals surface area contributed by atoms with Gasteiger partial charge in [-0.15, -0.1) is 10.2 Å². The number of carbonyl (C=O) groups excluding carboxylic acids is 1. The first-order chi connectivity index (χ1) is 19.2. The summed E-state index contributed by atoms with van der Waals surface area (Å²) in [6.07, 6.45) is 2.07. The molecule has 1 saturated heterocycles. The minimum atomic E-state index is -4.60. The van der Waals surface area contributed by atoms with Gasteiger partial charge in [0.05, 0.1) is 5.41 Å². The van der Waals surface area contributed by atoms with Gasteiger partial charge in [-0.2, -0.15) is 13.2 Å². The average Bonchev–Trinajstić information content (AvgIpc) is 3.29. The molecule has 2 fully saturated rings. The maximum absolute atomic E-state index is 13.4. The smallest absolute Gasteiger partial charge is 0.322 e. The molecule has 1 atom stereocenters. The van der Waals surface area contributed by atoms with E-state index in [9.17, 15) is 22.8 Å². The standard InChI is InChI=1S/C30H37F3N6O2/c1-20-7-6-10-38(13-20)14-21-11-24(26(41)39(15-21)18-30(31,32)33)25(40)35-23-9-5-8-22(12-23)29(16-28(2,3)17-29)27-36-34-19-37(27)4/h5,8-9,11-12,15,19-20H,6-7,10,13-14,16-18H2,1-4H3,(H,35,40)/t20-/m0/s1. The monoisotopic (exact) mass is 570 g/mol. The zero-order valence-corrected chi connectivity index (χ0v) is 24.0. The highest BCUT2D eigenvalue weighted by atomic mass is 19.4. The van der Waals surface area contributed by atoms with Crippen molar-refractivity contribution in [1.29, 1.82) is 0 Å². The molecule has 220 valence electrons. The number of nitrogens with zero attached hydrogens (tertiary/aromatic N) is 5. The molecule has 0 radical (unpaired) electrons. The van der Waals surface area contributed by atoms with Crippen molar-refractivity contribution < 1.29 is 18.0 Å². The number of nitrogens with one attached hydrogen (secondary N) is 1. The largest absolute Gasteiger partial charge is 0.406 e. The molecule has 1 saturated carbocycles. The van der Waals surface area contributed by atoms with Crippen LogP contribution in [0.15, 0.2) is 47.7 Å². The number of hydrogen-bond donors (Lipinski definition) is 1. The summed E-state index contributed by atoms with van der Waals surface area (Å²) in [6, 6.07) is 8.81. The lowest BCUT2D eigenvalue weighted by Gasteiger charge is -2.52.